The quantitative estimate of drug-likeness (QED) is 0.761. The maximum Gasteiger partial charge on any atom is 0.0708 e. The van der Waals surface area contributed by atoms with Crippen molar-refractivity contribution in [3.8, 4) is 0 Å². The number of benzene rings is 2. The molecule has 1 aromatic heterocycles. The maximum absolute atomic E-state index is 6.54. The molecule has 1 unspecified atom stereocenters. The molecule has 106 valence electrons. The van der Waals surface area contributed by atoms with E-state index in [1.807, 2.05) is 25.1 Å². The lowest BCUT2D eigenvalue weighted by atomic mass is 9.93. The summed E-state index contributed by atoms with van der Waals surface area (Å²) in [5, 5.41) is 1.13. The summed E-state index contributed by atoms with van der Waals surface area (Å²) in [4.78, 5) is 4.59. The highest BCUT2D eigenvalue weighted by atomic mass is 14.7. The molecule has 0 spiro atoms. The molecule has 1 atom stereocenters. The third kappa shape index (κ3) is 2.55. The minimum absolute atomic E-state index is 0.129. The second-order valence-corrected chi connectivity index (χ2v) is 5.69. The van der Waals surface area contributed by atoms with Crippen LogP contribution < -0.4 is 5.73 Å². The zero-order valence-electron chi connectivity index (χ0n) is 12.7. The molecule has 2 N–H and O–H groups in total. The Morgan fingerprint density at radius 2 is 1.67 bits per heavy atom. The van der Waals surface area contributed by atoms with Gasteiger partial charge in [-0.05, 0) is 55.2 Å². The van der Waals surface area contributed by atoms with Gasteiger partial charge in [-0.3, -0.25) is 4.98 Å². The van der Waals surface area contributed by atoms with Gasteiger partial charge < -0.3 is 5.73 Å². The van der Waals surface area contributed by atoms with Gasteiger partial charge in [0.05, 0.1) is 11.6 Å². The Morgan fingerprint density at radius 3 is 2.43 bits per heavy atom. The molecule has 1 heterocycles. The van der Waals surface area contributed by atoms with Crippen molar-refractivity contribution in [1.29, 1.82) is 0 Å². The minimum Gasteiger partial charge on any atom is -0.320 e. The fraction of sp³-hybridized carbons (Fsp3) is 0.211. The van der Waals surface area contributed by atoms with Gasteiger partial charge in [-0.15, -0.1) is 0 Å². The normalized spacial score (nSPS) is 12.6. The first-order chi connectivity index (χ1) is 10.1. The monoisotopic (exact) mass is 276 g/mol. The van der Waals surface area contributed by atoms with Crippen molar-refractivity contribution >= 4 is 10.9 Å². The van der Waals surface area contributed by atoms with Gasteiger partial charge in [-0.25, -0.2) is 0 Å². The van der Waals surface area contributed by atoms with Crippen molar-refractivity contribution in [2.24, 2.45) is 5.73 Å². The van der Waals surface area contributed by atoms with Gasteiger partial charge >= 0.3 is 0 Å². The Morgan fingerprint density at radius 1 is 0.905 bits per heavy atom. The average Bonchev–Trinajstić information content (AvgIpc) is 2.48. The predicted molar refractivity (Wildman–Crippen MR) is 88.4 cm³/mol. The molecule has 0 aliphatic heterocycles. The zero-order valence-corrected chi connectivity index (χ0v) is 12.7. The molecule has 2 nitrogen and oxygen atoms in total. The molecule has 0 radical (unpaired) electrons. The van der Waals surface area contributed by atoms with Crippen LogP contribution in [0, 0.1) is 20.8 Å². The van der Waals surface area contributed by atoms with E-state index in [0.29, 0.717) is 0 Å². The zero-order chi connectivity index (χ0) is 15.0. The number of rotatable bonds is 2. The van der Waals surface area contributed by atoms with Crippen LogP contribution in [0.25, 0.3) is 10.9 Å². The number of hydrogen-bond acceptors (Lipinski definition) is 2. The van der Waals surface area contributed by atoms with E-state index < -0.39 is 0 Å². The molecular formula is C19H20N2. The summed E-state index contributed by atoms with van der Waals surface area (Å²) in [6.07, 6.45) is 0. The summed E-state index contributed by atoms with van der Waals surface area (Å²) in [5.74, 6) is 0. The number of aryl methyl sites for hydroxylation is 3. The van der Waals surface area contributed by atoms with Gasteiger partial charge in [0.1, 0.15) is 0 Å². The highest BCUT2D eigenvalue weighted by Gasteiger charge is 2.14. The van der Waals surface area contributed by atoms with Gasteiger partial charge in [0.25, 0.3) is 0 Å². The Balaban J connectivity index is 2.16. The van der Waals surface area contributed by atoms with Crippen LogP contribution in [0.15, 0.2) is 48.5 Å². The SMILES string of the molecule is Cc1cc(C(N)c2ccc(C)c(C)c2)c2ccccc2n1. The Bertz CT molecular complexity index is 806. The first kappa shape index (κ1) is 13.8. The molecule has 21 heavy (non-hydrogen) atoms. The molecular weight excluding hydrogens is 256 g/mol. The summed E-state index contributed by atoms with van der Waals surface area (Å²) >= 11 is 0. The van der Waals surface area contributed by atoms with Crippen LogP contribution in [0.4, 0.5) is 0 Å². The van der Waals surface area contributed by atoms with E-state index in [9.17, 15) is 0 Å². The van der Waals surface area contributed by atoms with Gasteiger partial charge in [-0.2, -0.15) is 0 Å². The number of nitrogens with zero attached hydrogens (tertiary/aromatic N) is 1. The van der Waals surface area contributed by atoms with E-state index in [1.54, 1.807) is 0 Å². The Hall–Kier alpha value is -2.19. The van der Waals surface area contributed by atoms with Crippen LogP contribution >= 0.6 is 0 Å². The van der Waals surface area contributed by atoms with Crippen LogP contribution in [0.1, 0.15) is 34.0 Å². The van der Waals surface area contributed by atoms with Crippen LogP contribution in [-0.2, 0) is 0 Å². The molecule has 2 aromatic carbocycles. The van der Waals surface area contributed by atoms with Gasteiger partial charge in [0, 0.05) is 11.1 Å². The Labute approximate surface area is 125 Å². The van der Waals surface area contributed by atoms with Crippen molar-refractivity contribution in [2.75, 3.05) is 0 Å². The molecule has 0 aliphatic carbocycles. The maximum atomic E-state index is 6.54. The topological polar surface area (TPSA) is 38.9 Å². The highest BCUT2D eigenvalue weighted by molar-refractivity contribution is 5.83. The lowest BCUT2D eigenvalue weighted by molar-refractivity contribution is 0.873. The van der Waals surface area contributed by atoms with Crippen molar-refractivity contribution in [1.82, 2.24) is 4.98 Å². The van der Waals surface area contributed by atoms with Crippen LogP contribution in [-0.4, -0.2) is 4.98 Å². The predicted octanol–water partition coefficient (Wildman–Crippen LogP) is 4.21. The fourth-order valence-electron chi connectivity index (χ4n) is 2.74. The molecule has 0 aliphatic rings. The lowest BCUT2D eigenvalue weighted by Gasteiger charge is -2.17. The largest absolute Gasteiger partial charge is 0.320 e. The standard InChI is InChI=1S/C19H20N2/c1-12-8-9-15(10-13(12)2)19(20)17-11-14(3)21-18-7-5-4-6-16(17)18/h4-11,19H,20H2,1-3H3. The summed E-state index contributed by atoms with van der Waals surface area (Å²) in [6.45, 7) is 6.27. The van der Waals surface area contributed by atoms with E-state index >= 15 is 0 Å². The number of pyridine rings is 1. The third-order valence-corrected chi connectivity index (χ3v) is 4.10. The number of hydrogen-bond donors (Lipinski definition) is 1. The first-order valence-electron chi connectivity index (χ1n) is 7.25. The molecule has 2 heteroatoms. The average molecular weight is 276 g/mol. The van der Waals surface area contributed by atoms with Crippen molar-refractivity contribution in [2.45, 2.75) is 26.8 Å². The second-order valence-electron chi connectivity index (χ2n) is 5.69. The first-order valence-corrected chi connectivity index (χ1v) is 7.25. The molecule has 0 saturated heterocycles. The summed E-state index contributed by atoms with van der Waals surface area (Å²) < 4.78 is 0. The fourth-order valence-corrected chi connectivity index (χ4v) is 2.74. The molecule has 3 aromatic rings. The summed E-state index contributed by atoms with van der Waals surface area (Å²) in [5.41, 5.74) is 13.4. The molecule has 0 fully saturated rings. The minimum atomic E-state index is -0.129. The van der Waals surface area contributed by atoms with E-state index in [2.05, 4.69) is 49.2 Å². The van der Waals surface area contributed by atoms with Gasteiger partial charge in [0.2, 0.25) is 0 Å². The summed E-state index contributed by atoms with van der Waals surface area (Å²) in [7, 11) is 0. The van der Waals surface area contributed by atoms with E-state index in [-0.39, 0.29) is 6.04 Å². The van der Waals surface area contributed by atoms with Crippen LogP contribution in [0.3, 0.4) is 0 Å². The third-order valence-electron chi connectivity index (χ3n) is 4.10. The van der Waals surface area contributed by atoms with E-state index in [0.717, 1.165) is 27.7 Å². The number of nitrogens with two attached hydrogens (primary N) is 1. The number of fused-ring (bicyclic) bond motifs is 1. The molecule has 0 amide bonds. The molecule has 0 saturated carbocycles. The smallest absolute Gasteiger partial charge is 0.0708 e. The molecule has 0 bridgehead atoms. The van der Waals surface area contributed by atoms with E-state index in [1.165, 1.54) is 11.1 Å². The highest BCUT2D eigenvalue weighted by Crippen LogP contribution is 2.28. The Kier molecular flexibility index (Phi) is 3.48. The van der Waals surface area contributed by atoms with Crippen molar-refractivity contribution < 1.29 is 0 Å². The van der Waals surface area contributed by atoms with Crippen LogP contribution in [0.2, 0.25) is 0 Å². The number of aromatic nitrogens is 1. The molecule has 3 rings (SSSR count). The van der Waals surface area contributed by atoms with Crippen LogP contribution in [0.5, 0.6) is 0 Å². The van der Waals surface area contributed by atoms with Gasteiger partial charge in [-0.1, -0.05) is 36.4 Å². The van der Waals surface area contributed by atoms with Crippen molar-refractivity contribution in [3.05, 3.63) is 76.5 Å². The second kappa shape index (κ2) is 5.30. The van der Waals surface area contributed by atoms with E-state index in [4.69, 9.17) is 5.73 Å². The van der Waals surface area contributed by atoms with Crippen molar-refractivity contribution in [3.63, 3.8) is 0 Å². The number of para-hydroxylation sites is 1. The lowest BCUT2D eigenvalue weighted by Crippen LogP contribution is -2.13. The summed E-state index contributed by atoms with van der Waals surface area (Å²) in [6, 6.07) is 16.6. The van der Waals surface area contributed by atoms with Gasteiger partial charge in [0.15, 0.2) is 0 Å².